The molecule has 0 atom stereocenters. The number of para-hydroxylation sites is 2. The largest absolute Gasteiger partial charge is 0.456 e. The second-order valence-electron chi connectivity index (χ2n) is 14.0. The van der Waals surface area contributed by atoms with Gasteiger partial charge in [0.05, 0.1) is 11.4 Å². The standard InChI is InChI=1S/C51H31N3O2/c1-2-11-33(12-3-1)43-30-44(36-14-8-13-35(29-36)37-15-10-28-52-31-37)54-51(53-43)34-24-22-32(23-25-34)38-26-27-40(50-49(38)42-17-5-7-20-46(42)56-50)39-18-9-21-47-48(39)41-16-4-6-19-45(41)55-47/h1-31H. The molecule has 11 rings (SSSR count). The van der Waals surface area contributed by atoms with Crippen LogP contribution in [-0.2, 0) is 0 Å². The molecule has 0 saturated heterocycles. The molecule has 7 aromatic carbocycles. The third-order valence-corrected chi connectivity index (χ3v) is 10.6. The molecule has 5 heteroatoms. The van der Waals surface area contributed by atoms with Gasteiger partial charge in [-0.2, -0.15) is 0 Å². The number of fused-ring (bicyclic) bond motifs is 6. The summed E-state index contributed by atoms with van der Waals surface area (Å²) in [5.74, 6) is 0.661. The molecule has 5 nitrogen and oxygen atoms in total. The number of furan rings is 2. The Morgan fingerprint density at radius 1 is 0.357 bits per heavy atom. The second kappa shape index (κ2) is 13.0. The predicted molar refractivity (Wildman–Crippen MR) is 227 cm³/mol. The van der Waals surface area contributed by atoms with E-state index in [2.05, 4.69) is 126 Å². The zero-order chi connectivity index (χ0) is 37.0. The summed E-state index contributed by atoms with van der Waals surface area (Å²) in [5.41, 5.74) is 14.5. The average molecular weight is 718 g/mol. The van der Waals surface area contributed by atoms with Gasteiger partial charge in [0.15, 0.2) is 5.82 Å². The van der Waals surface area contributed by atoms with Crippen LogP contribution >= 0.6 is 0 Å². The van der Waals surface area contributed by atoms with E-state index in [1.165, 1.54) is 0 Å². The van der Waals surface area contributed by atoms with E-state index in [4.69, 9.17) is 18.8 Å². The number of benzene rings is 7. The number of aromatic nitrogens is 3. The van der Waals surface area contributed by atoms with Gasteiger partial charge in [-0.05, 0) is 64.7 Å². The Bertz CT molecular complexity index is 3240. The van der Waals surface area contributed by atoms with Gasteiger partial charge in [-0.3, -0.25) is 4.98 Å². The molecule has 0 aliphatic carbocycles. The molecule has 262 valence electrons. The first-order chi connectivity index (χ1) is 27.7. The zero-order valence-corrected chi connectivity index (χ0v) is 30.1. The van der Waals surface area contributed by atoms with Crippen molar-refractivity contribution < 1.29 is 8.83 Å². The van der Waals surface area contributed by atoms with Gasteiger partial charge in [-0.15, -0.1) is 0 Å². The fraction of sp³-hybridized carbons (Fsp3) is 0. The Kier molecular flexibility index (Phi) is 7.42. The molecular formula is C51H31N3O2. The van der Waals surface area contributed by atoms with Crippen molar-refractivity contribution in [2.45, 2.75) is 0 Å². The first kappa shape index (κ1) is 31.9. The predicted octanol–water partition coefficient (Wildman–Crippen LogP) is 13.7. The van der Waals surface area contributed by atoms with Crippen LogP contribution in [0.15, 0.2) is 197 Å². The van der Waals surface area contributed by atoms with E-state index in [0.717, 1.165) is 105 Å². The Balaban J connectivity index is 1.04. The third kappa shape index (κ3) is 5.37. The molecule has 0 amide bonds. The van der Waals surface area contributed by atoms with Crippen LogP contribution in [0.2, 0.25) is 0 Å². The number of hydrogen-bond acceptors (Lipinski definition) is 5. The van der Waals surface area contributed by atoms with Crippen LogP contribution in [0.25, 0.3) is 111 Å². The van der Waals surface area contributed by atoms with Crippen molar-refractivity contribution >= 4 is 43.9 Å². The number of nitrogens with zero attached hydrogens (tertiary/aromatic N) is 3. The zero-order valence-electron chi connectivity index (χ0n) is 30.1. The van der Waals surface area contributed by atoms with Gasteiger partial charge in [-0.1, -0.05) is 133 Å². The van der Waals surface area contributed by atoms with Crippen LogP contribution in [0.4, 0.5) is 0 Å². The summed E-state index contributed by atoms with van der Waals surface area (Å²) in [6.45, 7) is 0. The molecule has 0 bridgehead atoms. The number of hydrogen-bond donors (Lipinski definition) is 0. The van der Waals surface area contributed by atoms with E-state index in [1.54, 1.807) is 6.20 Å². The van der Waals surface area contributed by atoms with Crippen LogP contribution in [0, 0.1) is 0 Å². The highest BCUT2D eigenvalue weighted by atomic mass is 16.3. The monoisotopic (exact) mass is 717 g/mol. The maximum Gasteiger partial charge on any atom is 0.160 e. The second-order valence-corrected chi connectivity index (χ2v) is 14.0. The lowest BCUT2D eigenvalue weighted by Crippen LogP contribution is -1.96. The highest BCUT2D eigenvalue weighted by Crippen LogP contribution is 2.45. The minimum Gasteiger partial charge on any atom is -0.456 e. The lowest BCUT2D eigenvalue weighted by atomic mass is 9.92. The van der Waals surface area contributed by atoms with E-state index < -0.39 is 0 Å². The van der Waals surface area contributed by atoms with Crippen LogP contribution in [0.1, 0.15) is 0 Å². The van der Waals surface area contributed by atoms with Gasteiger partial charge in [0.1, 0.15) is 22.3 Å². The van der Waals surface area contributed by atoms with E-state index in [1.807, 2.05) is 60.8 Å². The van der Waals surface area contributed by atoms with Gasteiger partial charge in [-0.25, -0.2) is 9.97 Å². The lowest BCUT2D eigenvalue weighted by Gasteiger charge is -2.12. The maximum absolute atomic E-state index is 6.72. The van der Waals surface area contributed by atoms with Crippen LogP contribution < -0.4 is 0 Å². The molecule has 0 spiro atoms. The molecule has 11 aromatic rings. The fourth-order valence-corrected chi connectivity index (χ4v) is 7.95. The molecule has 4 heterocycles. The van der Waals surface area contributed by atoms with Crippen LogP contribution in [0.5, 0.6) is 0 Å². The average Bonchev–Trinajstić information content (AvgIpc) is 3.86. The minimum absolute atomic E-state index is 0.661. The van der Waals surface area contributed by atoms with Gasteiger partial charge in [0.2, 0.25) is 0 Å². The molecule has 0 saturated carbocycles. The Hall–Kier alpha value is -7.63. The highest BCUT2D eigenvalue weighted by molar-refractivity contribution is 6.20. The van der Waals surface area contributed by atoms with Crippen molar-refractivity contribution in [2.24, 2.45) is 0 Å². The van der Waals surface area contributed by atoms with Gasteiger partial charge in [0.25, 0.3) is 0 Å². The van der Waals surface area contributed by atoms with Crippen molar-refractivity contribution in [1.29, 1.82) is 0 Å². The van der Waals surface area contributed by atoms with Crippen LogP contribution in [0.3, 0.4) is 0 Å². The minimum atomic E-state index is 0.661. The quantitative estimate of drug-likeness (QED) is 0.171. The van der Waals surface area contributed by atoms with Crippen molar-refractivity contribution in [3.05, 3.63) is 188 Å². The molecule has 0 aliphatic rings. The van der Waals surface area contributed by atoms with E-state index in [0.29, 0.717) is 5.82 Å². The first-order valence-electron chi connectivity index (χ1n) is 18.7. The van der Waals surface area contributed by atoms with Crippen molar-refractivity contribution in [3.8, 4) is 67.3 Å². The topological polar surface area (TPSA) is 65.0 Å². The molecule has 0 N–H and O–H groups in total. The van der Waals surface area contributed by atoms with Crippen molar-refractivity contribution in [3.63, 3.8) is 0 Å². The molecule has 4 aromatic heterocycles. The number of pyridine rings is 1. The van der Waals surface area contributed by atoms with E-state index in [-0.39, 0.29) is 0 Å². The summed E-state index contributed by atoms with van der Waals surface area (Å²) in [4.78, 5) is 14.6. The van der Waals surface area contributed by atoms with Crippen molar-refractivity contribution in [1.82, 2.24) is 15.0 Å². The normalized spacial score (nSPS) is 11.6. The molecule has 0 fully saturated rings. The van der Waals surface area contributed by atoms with Crippen molar-refractivity contribution in [2.75, 3.05) is 0 Å². The lowest BCUT2D eigenvalue weighted by molar-refractivity contribution is 0.668. The Morgan fingerprint density at radius 3 is 1.79 bits per heavy atom. The summed E-state index contributed by atoms with van der Waals surface area (Å²) in [7, 11) is 0. The van der Waals surface area contributed by atoms with Crippen LogP contribution in [-0.4, -0.2) is 15.0 Å². The van der Waals surface area contributed by atoms with Gasteiger partial charge in [0, 0.05) is 61.8 Å². The van der Waals surface area contributed by atoms with Gasteiger partial charge >= 0.3 is 0 Å². The summed E-state index contributed by atoms with van der Waals surface area (Å²) < 4.78 is 13.0. The SMILES string of the molecule is c1ccc(-c2cc(-c3cccc(-c4cccnc4)c3)nc(-c3ccc(-c4ccc(-c5cccc6oc7ccccc7c56)c5oc6ccccc6c45)cc3)n2)cc1. The van der Waals surface area contributed by atoms with Gasteiger partial charge < -0.3 is 8.83 Å². The first-order valence-corrected chi connectivity index (χ1v) is 18.7. The smallest absolute Gasteiger partial charge is 0.160 e. The Labute approximate surface area is 322 Å². The van der Waals surface area contributed by atoms with E-state index in [9.17, 15) is 0 Å². The fourth-order valence-electron chi connectivity index (χ4n) is 7.95. The Morgan fingerprint density at radius 2 is 0.982 bits per heavy atom. The highest BCUT2D eigenvalue weighted by Gasteiger charge is 2.21. The van der Waals surface area contributed by atoms with E-state index >= 15 is 0 Å². The molecule has 56 heavy (non-hydrogen) atoms. The summed E-state index contributed by atoms with van der Waals surface area (Å²) in [6, 6.07) is 60.5. The maximum atomic E-state index is 6.72. The molecular weight excluding hydrogens is 687 g/mol. The summed E-state index contributed by atoms with van der Waals surface area (Å²) in [5, 5.41) is 4.33. The molecule has 0 radical (unpaired) electrons. The summed E-state index contributed by atoms with van der Waals surface area (Å²) >= 11 is 0. The summed E-state index contributed by atoms with van der Waals surface area (Å²) in [6.07, 6.45) is 3.68. The molecule has 0 unspecified atom stereocenters. The third-order valence-electron chi connectivity index (χ3n) is 10.6. The molecule has 0 aliphatic heterocycles. The number of rotatable bonds is 6.